The van der Waals surface area contributed by atoms with Crippen molar-refractivity contribution in [2.45, 2.75) is 70.6 Å². The number of carbonyl (C=O) groups excluding carboxylic acids is 2. The first-order chi connectivity index (χ1) is 20.0. The van der Waals surface area contributed by atoms with Crippen molar-refractivity contribution in [2.75, 3.05) is 13.1 Å². The lowest BCUT2D eigenvalue weighted by molar-refractivity contribution is -0.149. The third-order valence-electron chi connectivity index (χ3n) is 9.02. The average Bonchev–Trinajstić information content (AvgIpc) is 3.01. The second kappa shape index (κ2) is 12.3. The molecule has 5 heteroatoms. The van der Waals surface area contributed by atoms with Gasteiger partial charge in [-0.3, -0.25) is 9.59 Å². The van der Waals surface area contributed by atoms with Crippen LogP contribution in [0.4, 0.5) is 0 Å². The molecule has 212 valence electrons. The van der Waals surface area contributed by atoms with Crippen LogP contribution in [0.2, 0.25) is 0 Å². The zero-order chi connectivity index (χ0) is 28.2. The summed E-state index contributed by atoms with van der Waals surface area (Å²) in [5.41, 5.74) is 5.29. The first kappa shape index (κ1) is 27.3. The van der Waals surface area contributed by atoms with Crippen LogP contribution < -0.4 is 0 Å². The Morgan fingerprint density at radius 1 is 0.854 bits per heavy atom. The van der Waals surface area contributed by atoms with Crippen LogP contribution in [-0.2, 0) is 22.5 Å². The van der Waals surface area contributed by atoms with Crippen LogP contribution in [0.25, 0.3) is 6.08 Å². The molecule has 0 spiro atoms. The summed E-state index contributed by atoms with van der Waals surface area (Å²) in [6, 6.07) is 26.8. The number of benzene rings is 3. The van der Waals surface area contributed by atoms with Gasteiger partial charge in [-0.25, -0.2) is 0 Å². The topological polar surface area (TPSA) is 49.9 Å². The highest BCUT2D eigenvalue weighted by atomic mass is 16.5. The number of rotatable bonds is 6. The number of hydrogen-bond acceptors (Lipinski definition) is 3. The Kier molecular flexibility index (Phi) is 8.22. The Bertz CT molecular complexity index is 1370. The fraction of sp³-hybridized carbons (Fsp3) is 0.389. The summed E-state index contributed by atoms with van der Waals surface area (Å²) >= 11 is 0. The van der Waals surface area contributed by atoms with Crippen molar-refractivity contribution >= 4 is 17.9 Å². The maximum Gasteiger partial charge on any atom is 0.289 e. The van der Waals surface area contributed by atoms with Crippen LogP contribution in [0, 0.1) is 12.8 Å². The predicted molar refractivity (Wildman–Crippen MR) is 162 cm³/mol. The van der Waals surface area contributed by atoms with Gasteiger partial charge in [0.05, 0.1) is 6.04 Å². The molecule has 0 aromatic heterocycles. The molecule has 5 nitrogen and oxygen atoms in total. The molecule has 1 aliphatic carbocycles. The second-order valence-electron chi connectivity index (χ2n) is 12.0. The normalized spacial score (nSPS) is 22.4. The van der Waals surface area contributed by atoms with Crippen molar-refractivity contribution in [1.82, 2.24) is 9.80 Å². The largest absolute Gasteiger partial charge is 0.482 e. The molecule has 1 saturated carbocycles. The van der Waals surface area contributed by atoms with Crippen LogP contribution in [0.5, 0.6) is 0 Å². The standard InChI is InChI=1S/C36H40N2O3/c1-26-11-13-30(14-12-26)25-38-32-9-5-6-10-33(32)41-34(36(38)40)24-28-15-17-31(18-16-28)35(39)37-21-19-29(20-22-37)23-27-7-3-2-4-8-27/h2-4,7-8,11-18,24,29,32-33H,5-6,9-10,19-23,25H2,1H3/b34-24+. The van der Waals surface area contributed by atoms with Crippen LogP contribution in [0.1, 0.15) is 71.1 Å². The number of nitrogens with zero attached hydrogens (tertiary/aromatic N) is 2. The van der Waals surface area contributed by atoms with Crippen molar-refractivity contribution in [3.63, 3.8) is 0 Å². The van der Waals surface area contributed by atoms with E-state index in [4.69, 9.17) is 4.74 Å². The Balaban J connectivity index is 1.11. The molecule has 3 fully saturated rings. The second-order valence-corrected chi connectivity index (χ2v) is 12.0. The van der Waals surface area contributed by atoms with Crippen molar-refractivity contribution < 1.29 is 14.3 Å². The van der Waals surface area contributed by atoms with E-state index in [1.807, 2.05) is 40.1 Å². The summed E-state index contributed by atoms with van der Waals surface area (Å²) in [5.74, 6) is 1.06. The number of hydrogen-bond donors (Lipinski definition) is 0. The van der Waals surface area contributed by atoms with Gasteiger partial charge >= 0.3 is 0 Å². The quantitative estimate of drug-likeness (QED) is 0.318. The van der Waals surface area contributed by atoms with E-state index < -0.39 is 0 Å². The maximum absolute atomic E-state index is 13.7. The zero-order valence-electron chi connectivity index (χ0n) is 24.0. The molecule has 0 N–H and O–H groups in total. The third kappa shape index (κ3) is 6.40. The molecular formula is C36H40N2O3. The predicted octanol–water partition coefficient (Wildman–Crippen LogP) is 6.80. The smallest absolute Gasteiger partial charge is 0.289 e. The molecule has 2 atom stereocenters. The van der Waals surface area contributed by atoms with E-state index in [9.17, 15) is 9.59 Å². The van der Waals surface area contributed by atoms with Crippen molar-refractivity contribution in [3.05, 3.63) is 112 Å². The highest BCUT2D eigenvalue weighted by molar-refractivity contribution is 5.97. The van der Waals surface area contributed by atoms with Gasteiger partial charge in [-0.15, -0.1) is 0 Å². The first-order valence-electron chi connectivity index (χ1n) is 15.2. The summed E-state index contributed by atoms with van der Waals surface area (Å²) in [4.78, 5) is 30.9. The lowest BCUT2D eigenvalue weighted by Gasteiger charge is -2.44. The Hall–Kier alpha value is -3.86. The third-order valence-corrected chi connectivity index (χ3v) is 9.02. The Morgan fingerprint density at radius 2 is 1.56 bits per heavy atom. The highest BCUT2D eigenvalue weighted by Crippen LogP contribution is 2.34. The fourth-order valence-corrected chi connectivity index (χ4v) is 6.60. The number of fused-ring (bicyclic) bond motifs is 1. The van der Waals surface area contributed by atoms with E-state index in [2.05, 4.69) is 61.5 Å². The van der Waals surface area contributed by atoms with Crippen LogP contribution in [0.3, 0.4) is 0 Å². The molecule has 2 saturated heterocycles. The average molecular weight is 549 g/mol. The van der Waals surface area contributed by atoms with E-state index in [-0.39, 0.29) is 24.0 Å². The van der Waals surface area contributed by atoms with Crippen molar-refractivity contribution in [3.8, 4) is 0 Å². The maximum atomic E-state index is 13.7. The SMILES string of the molecule is Cc1ccc(CN2C(=O)/C(=C\c3ccc(C(=O)N4CCC(Cc5ccccc5)CC4)cc3)OC3CCCCC32)cc1. The highest BCUT2D eigenvalue weighted by Gasteiger charge is 2.41. The number of piperidine rings is 1. The lowest BCUT2D eigenvalue weighted by atomic mass is 9.89. The minimum absolute atomic E-state index is 0.0313. The molecule has 2 aliphatic heterocycles. The number of amides is 2. The van der Waals surface area contributed by atoms with Crippen LogP contribution in [-0.4, -0.2) is 46.8 Å². The Labute approximate surface area is 243 Å². The molecule has 3 aromatic carbocycles. The van der Waals surface area contributed by atoms with Crippen LogP contribution in [0.15, 0.2) is 84.6 Å². The summed E-state index contributed by atoms with van der Waals surface area (Å²) < 4.78 is 6.31. The van der Waals surface area contributed by atoms with E-state index in [0.717, 1.165) is 69.2 Å². The first-order valence-corrected chi connectivity index (χ1v) is 15.2. The molecule has 2 unspecified atom stereocenters. The molecule has 6 rings (SSSR count). The molecule has 3 aromatic rings. The fourth-order valence-electron chi connectivity index (χ4n) is 6.60. The summed E-state index contributed by atoms with van der Waals surface area (Å²) in [6.07, 6.45) is 9.23. The number of aryl methyl sites for hydroxylation is 1. The monoisotopic (exact) mass is 548 g/mol. The van der Waals surface area contributed by atoms with Gasteiger partial charge in [-0.1, -0.05) is 78.7 Å². The zero-order valence-corrected chi connectivity index (χ0v) is 24.0. The van der Waals surface area contributed by atoms with Gasteiger partial charge in [0.25, 0.3) is 11.8 Å². The Morgan fingerprint density at radius 3 is 2.29 bits per heavy atom. The molecule has 0 bridgehead atoms. The van der Waals surface area contributed by atoms with Gasteiger partial charge in [0.2, 0.25) is 0 Å². The van der Waals surface area contributed by atoms with E-state index in [0.29, 0.717) is 23.8 Å². The lowest BCUT2D eigenvalue weighted by Crippen LogP contribution is -2.54. The number of carbonyl (C=O) groups is 2. The summed E-state index contributed by atoms with van der Waals surface area (Å²) in [6.45, 7) is 4.26. The van der Waals surface area contributed by atoms with E-state index >= 15 is 0 Å². The van der Waals surface area contributed by atoms with E-state index in [1.165, 1.54) is 11.1 Å². The molecule has 3 aliphatic rings. The number of ether oxygens (including phenoxy) is 1. The molecule has 2 amide bonds. The van der Waals surface area contributed by atoms with Crippen LogP contribution >= 0.6 is 0 Å². The molecule has 0 radical (unpaired) electrons. The van der Waals surface area contributed by atoms with Gasteiger partial charge in [-0.05, 0) is 86.3 Å². The molecule has 2 heterocycles. The van der Waals surface area contributed by atoms with Crippen molar-refractivity contribution in [2.24, 2.45) is 5.92 Å². The van der Waals surface area contributed by atoms with Gasteiger partial charge in [0.1, 0.15) is 6.10 Å². The molecular weight excluding hydrogens is 508 g/mol. The number of morpholine rings is 1. The summed E-state index contributed by atoms with van der Waals surface area (Å²) in [7, 11) is 0. The van der Waals surface area contributed by atoms with Gasteiger partial charge in [0, 0.05) is 25.2 Å². The minimum atomic E-state index is -0.0488. The summed E-state index contributed by atoms with van der Waals surface area (Å²) in [5, 5.41) is 0. The van der Waals surface area contributed by atoms with Gasteiger partial charge < -0.3 is 14.5 Å². The van der Waals surface area contributed by atoms with Crippen molar-refractivity contribution in [1.29, 1.82) is 0 Å². The minimum Gasteiger partial charge on any atom is -0.482 e. The number of likely N-dealkylation sites (tertiary alicyclic amines) is 1. The van der Waals surface area contributed by atoms with Gasteiger partial charge in [0.15, 0.2) is 5.76 Å². The van der Waals surface area contributed by atoms with Gasteiger partial charge in [-0.2, -0.15) is 0 Å². The molecule has 41 heavy (non-hydrogen) atoms. The van der Waals surface area contributed by atoms with E-state index in [1.54, 1.807) is 0 Å².